The summed E-state index contributed by atoms with van der Waals surface area (Å²) in [6.45, 7) is 5.50. The van der Waals surface area contributed by atoms with E-state index in [0.717, 1.165) is 16.7 Å². The van der Waals surface area contributed by atoms with Crippen LogP contribution in [0.2, 0.25) is 0 Å². The molecule has 0 saturated carbocycles. The van der Waals surface area contributed by atoms with Crippen molar-refractivity contribution in [1.82, 2.24) is 0 Å². The molecule has 1 saturated heterocycles. The van der Waals surface area contributed by atoms with Gasteiger partial charge in [-0.3, -0.25) is 0 Å². The quantitative estimate of drug-likeness (QED) is 0.460. The first kappa shape index (κ1) is 23.4. The number of hydrogen-bond donors (Lipinski definition) is 1. The summed E-state index contributed by atoms with van der Waals surface area (Å²) in [5.41, 5.74) is 3.59. The SMILES string of the molecule is C=C1C(O)O[C@H](COCc2ccccc2)[C@@H](OCc2ccccc2)[C@@H]1OCc1ccccc1. The highest BCUT2D eigenvalue weighted by Gasteiger charge is 2.42. The molecule has 0 radical (unpaired) electrons. The Hall–Kier alpha value is -2.80. The molecule has 1 unspecified atom stereocenters. The Kier molecular flexibility index (Phi) is 8.41. The summed E-state index contributed by atoms with van der Waals surface area (Å²) in [6.07, 6.45) is -2.69. The van der Waals surface area contributed by atoms with Gasteiger partial charge in [-0.25, -0.2) is 0 Å². The molecular weight excluding hydrogens is 416 g/mol. The predicted octanol–water partition coefficient (Wildman–Crippen LogP) is 4.65. The second-order valence-corrected chi connectivity index (χ2v) is 8.08. The van der Waals surface area contributed by atoms with Crippen LogP contribution in [0, 0.1) is 0 Å². The largest absolute Gasteiger partial charge is 0.374 e. The third-order valence-corrected chi connectivity index (χ3v) is 5.60. The average Bonchev–Trinajstić information content (AvgIpc) is 2.86. The highest BCUT2D eigenvalue weighted by molar-refractivity contribution is 5.18. The maximum atomic E-state index is 10.5. The fourth-order valence-corrected chi connectivity index (χ4v) is 3.80. The Morgan fingerprint density at radius 2 is 1.18 bits per heavy atom. The zero-order chi connectivity index (χ0) is 22.9. The van der Waals surface area contributed by atoms with Crippen molar-refractivity contribution in [3.8, 4) is 0 Å². The minimum Gasteiger partial charge on any atom is -0.374 e. The fraction of sp³-hybridized carbons (Fsp3) is 0.286. The smallest absolute Gasteiger partial charge is 0.180 e. The maximum Gasteiger partial charge on any atom is 0.180 e. The minimum absolute atomic E-state index is 0.254. The molecule has 1 aliphatic rings. The first-order valence-electron chi connectivity index (χ1n) is 11.2. The van der Waals surface area contributed by atoms with Crippen molar-refractivity contribution >= 4 is 0 Å². The minimum atomic E-state index is -1.15. The molecule has 0 aromatic heterocycles. The molecule has 0 aliphatic carbocycles. The van der Waals surface area contributed by atoms with Crippen molar-refractivity contribution in [2.75, 3.05) is 6.61 Å². The molecule has 3 aromatic rings. The van der Waals surface area contributed by atoms with Gasteiger partial charge in [0, 0.05) is 5.57 Å². The van der Waals surface area contributed by atoms with Crippen molar-refractivity contribution in [1.29, 1.82) is 0 Å². The number of benzene rings is 3. The highest BCUT2D eigenvalue weighted by Crippen LogP contribution is 2.30. The summed E-state index contributed by atoms with van der Waals surface area (Å²) in [6, 6.07) is 29.8. The van der Waals surface area contributed by atoms with E-state index in [1.807, 2.05) is 91.0 Å². The van der Waals surface area contributed by atoms with Gasteiger partial charge in [0.25, 0.3) is 0 Å². The Labute approximate surface area is 195 Å². The van der Waals surface area contributed by atoms with E-state index in [0.29, 0.717) is 25.4 Å². The third kappa shape index (κ3) is 6.60. The summed E-state index contributed by atoms with van der Waals surface area (Å²) in [5.74, 6) is 0. The van der Waals surface area contributed by atoms with Gasteiger partial charge >= 0.3 is 0 Å². The highest BCUT2D eigenvalue weighted by atomic mass is 16.6. The van der Waals surface area contributed by atoms with Crippen LogP contribution in [0.3, 0.4) is 0 Å². The third-order valence-electron chi connectivity index (χ3n) is 5.60. The van der Waals surface area contributed by atoms with E-state index >= 15 is 0 Å². The second kappa shape index (κ2) is 11.9. The number of hydrogen-bond acceptors (Lipinski definition) is 5. The van der Waals surface area contributed by atoms with Crippen LogP contribution in [-0.2, 0) is 38.8 Å². The van der Waals surface area contributed by atoms with Gasteiger partial charge in [-0.15, -0.1) is 0 Å². The molecule has 33 heavy (non-hydrogen) atoms. The van der Waals surface area contributed by atoms with Crippen molar-refractivity contribution in [2.45, 2.75) is 44.4 Å². The number of rotatable bonds is 10. The van der Waals surface area contributed by atoms with Crippen LogP contribution in [0.5, 0.6) is 0 Å². The van der Waals surface area contributed by atoms with Crippen LogP contribution in [-0.4, -0.2) is 36.3 Å². The molecule has 5 heteroatoms. The van der Waals surface area contributed by atoms with Crippen LogP contribution in [0.1, 0.15) is 16.7 Å². The Bertz CT molecular complexity index is 977. The summed E-state index contributed by atoms with van der Waals surface area (Å²) in [4.78, 5) is 0. The maximum absolute atomic E-state index is 10.5. The lowest BCUT2D eigenvalue weighted by atomic mass is 9.97. The van der Waals surface area contributed by atoms with E-state index in [9.17, 15) is 5.11 Å². The Balaban J connectivity index is 1.46. The summed E-state index contributed by atoms with van der Waals surface area (Å²) in [5, 5.41) is 10.5. The average molecular weight is 447 g/mol. The van der Waals surface area contributed by atoms with E-state index < -0.39 is 24.6 Å². The zero-order valence-corrected chi connectivity index (χ0v) is 18.6. The van der Waals surface area contributed by atoms with E-state index in [2.05, 4.69) is 6.58 Å². The van der Waals surface area contributed by atoms with Gasteiger partial charge in [0.15, 0.2) is 6.29 Å². The van der Waals surface area contributed by atoms with E-state index in [4.69, 9.17) is 18.9 Å². The lowest BCUT2D eigenvalue weighted by Crippen LogP contribution is -2.53. The first-order chi connectivity index (χ1) is 16.2. The first-order valence-corrected chi connectivity index (χ1v) is 11.2. The lowest BCUT2D eigenvalue weighted by molar-refractivity contribution is -0.235. The van der Waals surface area contributed by atoms with E-state index in [1.165, 1.54) is 0 Å². The fourth-order valence-electron chi connectivity index (χ4n) is 3.80. The molecule has 1 heterocycles. The van der Waals surface area contributed by atoms with E-state index in [1.54, 1.807) is 0 Å². The van der Waals surface area contributed by atoms with Gasteiger partial charge in [-0.1, -0.05) is 97.6 Å². The van der Waals surface area contributed by atoms with Gasteiger partial charge in [-0.2, -0.15) is 0 Å². The van der Waals surface area contributed by atoms with Crippen molar-refractivity contribution in [3.63, 3.8) is 0 Å². The molecule has 1 N–H and O–H groups in total. The Morgan fingerprint density at radius 3 is 1.73 bits per heavy atom. The summed E-state index contributed by atoms with van der Waals surface area (Å²) < 4.78 is 24.3. The van der Waals surface area contributed by atoms with Gasteiger partial charge in [0.05, 0.1) is 26.4 Å². The molecule has 1 aliphatic heterocycles. The van der Waals surface area contributed by atoms with Crippen LogP contribution >= 0.6 is 0 Å². The lowest BCUT2D eigenvalue weighted by Gasteiger charge is -2.41. The van der Waals surface area contributed by atoms with Crippen molar-refractivity contribution in [3.05, 3.63) is 120 Å². The standard InChI is InChI=1S/C28H30O5/c1-21-26(31-18-23-13-7-3-8-14-23)27(32-19-24-15-9-4-10-16-24)25(33-28(21)29)20-30-17-22-11-5-2-6-12-22/h2-16,25-29H,1,17-20H2/t25-,26-,27-,28?/m1/s1. The molecule has 172 valence electrons. The molecule has 0 bridgehead atoms. The molecule has 5 nitrogen and oxygen atoms in total. The molecular formula is C28H30O5. The second-order valence-electron chi connectivity index (χ2n) is 8.08. The Morgan fingerprint density at radius 1 is 0.697 bits per heavy atom. The summed E-state index contributed by atoms with van der Waals surface area (Å²) in [7, 11) is 0. The van der Waals surface area contributed by atoms with Gasteiger partial charge < -0.3 is 24.1 Å². The van der Waals surface area contributed by atoms with Crippen LogP contribution in [0.15, 0.2) is 103 Å². The van der Waals surface area contributed by atoms with Crippen LogP contribution in [0.4, 0.5) is 0 Å². The molecule has 0 amide bonds. The molecule has 4 rings (SSSR count). The van der Waals surface area contributed by atoms with Gasteiger partial charge in [0.1, 0.15) is 18.3 Å². The van der Waals surface area contributed by atoms with Gasteiger partial charge in [0.2, 0.25) is 0 Å². The van der Waals surface area contributed by atoms with Crippen LogP contribution < -0.4 is 0 Å². The normalized spacial score (nSPS) is 22.9. The number of ether oxygens (including phenoxy) is 4. The topological polar surface area (TPSA) is 57.2 Å². The zero-order valence-electron chi connectivity index (χ0n) is 18.6. The van der Waals surface area contributed by atoms with E-state index in [-0.39, 0.29) is 6.61 Å². The van der Waals surface area contributed by atoms with Crippen molar-refractivity contribution < 1.29 is 24.1 Å². The molecule has 4 atom stereocenters. The number of aliphatic hydroxyl groups excluding tert-OH is 1. The predicted molar refractivity (Wildman–Crippen MR) is 126 cm³/mol. The van der Waals surface area contributed by atoms with Gasteiger partial charge in [-0.05, 0) is 16.7 Å². The molecule has 0 spiro atoms. The molecule has 1 fully saturated rings. The summed E-state index contributed by atoms with van der Waals surface area (Å²) >= 11 is 0. The molecule has 3 aromatic carbocycles. The van der Waals surface area contributed by atoms with Crippen LogP contribution in [0.25, 0.3) is 0 Å². The monoisotopic (exact) mass is 446 g/mol. The number of aliphatic hydroxyl groups is 1. The van der Waals surface area contributed by atoms with Crippen molar-refractivity contribution in [2.24, 2.45) is 0 Å².